The van der Waals surface area contributed by atoms with Crippen molar-refractivity contribution in [2.45, 2.75) is 16.7 Å². The summed E-state index contributed by atoms with van der Waals surface area (Å²) in [4.78, 5) is 24.4. The summed E-state index contributed by atoms with van der Waals surface area (Å²) in [6.07, 6.45) is 3.37. The van der Waals surface area contributed by atoms with E-state index in [9.17, 15) is 4.79 Å². The van der Waals surface area contributed by atoms with Gasteiger partial charge in [0.15, 0.2) is 10.3 Å². The topological polar surface area (TPSA) is 117 Å². The molecular weight excluding hydrogens is 370 g/mol. The smallest absolute Gasteiger partial charge is 0.259 e. The van der Waals surface area contributed by atoms with Gasteiger partial charge in [0.2, 0.25) is 0 Å². The second-order valence-electron chi connectivity index (χ2n) is 4.60. The zero-order valence-corrected chi connectivity index (χ0v) is 14.5. The Morgan fingerprint density at radius 2 is 2.33 bits per heavy atom. The average molecular weight is 382 g/mol. The number of aromatic amines is 1. The van der Waals surface area contributed by atoms with E-state index < -0.39 is 5.91 Å². The molecule has 10 heteroatoms. The normalized spacial score (nSPS) is 10.8. The number of nitrogens with two attached hydrogens (primary N) is 1. The maximum Gasteiger partial charge on any atom is 0.259 e. The van der Waals surface area contributed by atoms with Gasteiger partial charge in [-0.3, -0.25) is 10.1 Å². The number of anilines is 2. The lowest BCUT2D eigenvalue weighted by Crippen LogP contribution is -2.14. The number of aliphatic hydroxyl groups excluding tert-OH is 1. The van der Waals surface area contributed by atoms with Gasteiger partial charge < -0.3 is 15.8 Å². The molecule has 0 fully saturated rings. The van der Waals surface area contributed by atoms with Crippen molar-refractivity contribution in [3.63, 3.8) is 0 Å². The number of nitrogens with zero attached hydrogens (tertiary/aromatic N) is 2. The fraction of sp³-hybridized carbons (Fsp3) is 0.0714. The molecular formula is C14H12ClN5O2S2. The molecule has 3 aromatic rings. The molecule has 0 aliphatic rings. The van der Waals surface area contributed by atoms with Crippen molar-refractivity contribution >= 4 is 51.4 Å². The molecule has 0 spiro atoms. The van der Waals surface area contributed by atoms with E-state index in [1.165, 1.54) is 11.8 Å². The van der Waals surface area contributed by atoms with Gasteiger partial charge in [0.1, 0.15) is 4.34 Å². The molecule has 1 amide bonds. The van der Waals surface area contributed by atoms with Crippen molar-refractivity contribution in [3.05, 3.63) is 46.2 Å². The van der Waals surface area contributed by atoms with Gasteiger partial charge in [-0.1, -0.05) is 34.7 Å². The van der Waals surface area contributed by atoms with E-state index in [4.69, 9.17) is 22.4 Å². The summed E-state index contributed by atoms with van der Waals surface area (Å²) in [5, 5.41) is 12.8. The van der Waals surface area contributed by atoms with Gasteiger partial charge in [0.25, 0.3) is 5.91 Å². The first-order chi connectivity index (χ1) is 11.6. The van der Waals surface area contributed by atoms with Gasteiger partial charge in [-0.05, 0) is 18.2 Å². The monoisotopic (exact) mass is 381 g/mol. The zero-order valence-electron chi connectivity index (χ0n) is 12.1. The van der Waals surface area contributed by atoms with E-state index in [0.717, 1.165) is 16.2 Å². The molecule has 1 aromatic carbocycles. The minimum Gasteiger partial charge on any atom is -0.398 e. The Morgan fingerprint density at radius 1 is 1.50 bits per heavy atom. The molecule has 24 heavy (non-hydrogen) atoms. The molecule has 0 atom stereocenters. The number of halogens is 1. The number of aliphatic hydroxyl groups is 1. The van der Waals surface area contributed by atoms with Crippen LogP contribution in [0.25, 0.3) is 0 Å². The summed E-state index contributed by atoms with van der Waals surface area (Å²) in [5.74, 6) is -0.399. The summed E-state index contributed by atoms with van der Waals surface area (Å²) in [6, 6.07) is 5.15. The highest BCUT2D eigenvalue weighted by Gasteiger charge is 2.15. The van der Waals surface area contributed by atoms with E-state index in [-0.39, 0.29) is 6.61 Å². The van der Waals surface area contributed by atoms with Crippen molar-refractivity contribution < 1.29 is 9.90 Å². The van der Waals surface area contributed by atoms with Crippen LogP contribution in [0.3, 0.4) is 0 Å². The minimum atomic E-state index is -0.399. The average Bonchev–Trinajstić information content (AvgIpc) is 3.18. The maximum atomic E-state index is 12.4. The standard InChI is InChI=1S/C14H12ClN5O2S2/c15-11-10(6-21)19-14(24-11)20-12(22)8-5-7(1-2-9(8)16)23-13-17-3-4-18-13/h1-5,21H,6,16H2,(H,17,18)(H,19,20,22). The SMILES string of the molecule is Nc1ccc(Sc2ncc[nH]2)cc1C(=O)Nc1nc(CO)c(Cl)s1. The van der Waals surface area contributed by atoms with Crippen LogP contribution in [0.5, 0.6) is 0 Å². The van der Waals surface area contributed by atoms with Crippen LogP contribution < -0.4 is 11.1 Å². The van der Waals surface area contributed by atoms with Crippen molar-refractivity contribution in [1.29, 1.82) is 0 Å². The first kappa shape index (κ1) is 16.8. The number of nitrogens with one attached hydrogen (secondary N) is 2. The molecule has 0 unspecified atom stereocenters. The van der Waals surface area contributed by atoms with Crippen molar-refractivity contribution in [2.24, 2.45) is 0 Å². The van der Waals surface area contributed by atoms with Crippen LogP contribution in [-0.4, -0.2) is 26.0 Å². The molecule has 2 heterocycles. The third kappa shape index (κ3) is 3.70. The quantitative estimate of drug-likeness (QED) is 0.505. The van der Waals surface area contributed by atoms with E-state index in [1.54, 1.807) is 24.5 Å². The van der Waals surface area contributed by atoms with Gasteiger partial charge in [-0.25, -0.2) is 9.97 Å². The van der Waals surface area contributed by atoms with Crippen LogP contribution >= 0.6 is 34.7 Å². The molecule has 7 nitrogen and oxygen atoms in total. The number of H-pyrrole nitrogens is 1. The minimum absolute atomic E-state index is 0.289. The Labute approximate surface area is 150 Å². The summed E-state index contributed by atoms with van der Waals surface area (Å²) in [5.41, 5.74) is 6.90. The predicted molar refractivity (Wildman–Crippen MR) is 94.6 cm³/mol. The molecule has 0 aliphatic heterocycles. The lowest BCUT2D eigenvalue weighted by Gasteiger charge is -2.07. The number of aromatic nitrogens is 3. The number of carbonyl (C=O) groups is 1. The molecule has 2 aromatic heterocycles. The molecule has 0 aliphatic carbocycles. The number of benzene rings is 1. The third-order valence-corrected chi connectivity index (χ3v) is 5.13. The van der Waals surface area contributed by atoms with E-state index in [2.05, 4.69) is 20.3 Å². The number of imidazole rings is 1. The van der Waals surface area contributed by atoms with Crippen LogP contribution in [0, 0.1) is 0 Å². The Morgan fingerprint density at radius 3 is 3.00 bits per heavy atom. The number of nitrogen functional groups attached to an aromatic ring is 1. The van der Waals surface area contributed by atoms with E-state index in [1.807, 2.05) is 6.07 Å². The molecule has 0 saturated carbocycles. The highest BCUT2D eigenvalue weighted by molar-refractivity contribution is 7.99. The largest absolute Gasteiger partial charge is 0.398 e. The fourth-order valence-corrected chi connectivity index (χ4v) is 3.66. The molecule has 0 saturated heterocycles. The lowest BCUT2D eigenvalue weighted by atomic mass is 10.1. The van der Waals surface area contributed by atoms with Gasteiger partial charge in [0, 0.05) is 23.0 Å². The first-order valence-electron chi connectivity index (χ1n) is 6.71. The number of hydrogen-bond acceptors (Lipinski definition) is 7. The van der Waals surface area contributed by atoms with Gasteiger partial charge in [-0.2, -0.15) is 0 Å². The Bertz CT molecular complexity index is 866. The van der Waals surface area contributed by atoms with Gasteiger partial charge in [0.05, 0.1) is 17.9 Å². The van der Waals surface area contributed by atoms with Crippen molar-refractivity contribution in [3.8, 4) is 0 Å². The zero-order chi connectivity index (χ0) is 17.1. The number of hydrogen-bond donors (Lipinski definition) is 4. The number of amides is 1. The van der Waals surface area contributed by atoms with Gasteiger partial charge >= 0.3 is 0 Å². The van der Waals surface area contributed by atoms with Crippen molar-refractivity contribution in [2.75, 3.05) is 11.1 Å². The van der Waals surface area contributed by atoms with E-state index >= 15 is 0 Å². The molecule has 3 rings (SSSR count). The fourth-order valence-electron chi connectivity index (χ4n) is 1.86. The molecule has 124 valence electrons. The molecule has 5 N–H and O–H groups in total. The summed E-state index contributed by atoms with van der Waals surface area (Å²) in [7, 11) is 0. The third-order valence-electron chi connectivity index (χ3n) is 2.98. The van der Waals surface area contributed by atoms with E-state index in [0.29, 0.717) is 31.6 Å². The Balaban J connectivity index is 1.80. The summed E-state index contributed by atoms with van der Waals surface area (Å²) >= 11 is 8.38. The lowest BCUT2D eigenvalue weighted by molar-refractivity contribution is 0.102. The number of rotatable bonds is 5. The van der Waals surface area contributed by atoms with Crippen LogP contribution in [-0.2, 0) is 6.61 Å². The predicted octanol–water partition coefficient (Wildman–Crippen LogP) is 3.00. The van der Waals surface area contributed by atoms with Crippen LogP contribution in [0.1, 0.15) is 16.1 Å². The van der Waals surface area contributed by atoms with Crippen molar-refractivity contribution in [1.82, 2.24) is 15.0 Å². The highest BCUT2D eigenvalue weighted by atomic mass is 35.5. The van der Waals surface area contributed by atoms with Crippen LogP contribution in [0.15, 0.2) is 40.6 Å². The van der Waals surface area contributed by atoms with Crippen LogP contribution in [0.4, 0.5) is 10.8 Å². The highest BCUT2D eigenvalue weighted by Crippen LogP contribution is 2.30. The second kappa shape index (κ2) is 7.22. The Hall–Kier alpha value is -2.07. The number of thiazole rings is 1. The summed E-state index contributed by atoms with van der Waals surface area (Å²) in [6.45, 7) is -0.289. The molecule has 0 radical (unpaired) electrons. The molecule has 0 bridgehead atoms. The summed E-state index contributed by atoms with van der Waals surface area (Å²) < 4.78 is 0.336. The Kier molecular flexibility index (Phi) is 5.05. The first-order valence-corrected chi connectivity index (χ1v) is 8.72. The van der Waals surface area contributed by atoms with Gasteiger partial charge in [-0.15, -0.1) is 0 Å². The van der Waals surface area contributed by atoms with Crippen LogP contribution in [0.2, 0.25) is 4.34 Å². The maximum absolute atomic E-state index is 12.4. The second-order valence-corrected chi connectivity index (χ2v) is 7.26. The number of carbonyl (C=O) groups excluding carboxylic acids is 1.